The molecular weight excluding hydrogens is 292 g/mol. The maximum Gasteiger partial charge on any atom is 0.274 e. The molecule has 2 aromatic heterocycles. The van der Waals surface area contributed by atoms with Gasteiger partial charge in [0, 0.05) is 11.5 Å². The summed E-state index contributed by atoms with van der Waals surface area (Å²) in [4.78, 5) is 3.84. The monoisotopic (exact) mass is 296 g/mol. The smallest absolute Gasteiger partial charge is 0.267 e. The van der Waals surface area contributed by atoms with Crippen LogP contribution in [0.3, 0.4) is 0 Å². The van der Waals surface area contributed by atoms with E-state index < -0.39 is 10.0 Å². The fourth-order valence-corrected chi connectivity index (χ4v) is 4.42. The average molecular weight is 297 g/mol. The van der Waals surface area contributed by atoms with Gasteiger partial charge in [0.25, 0.3) is 10.0 Å². The van der Waals surface area contributed by atoms with Crippen LogP contribution in [-0.2, 0) is 10.0 Å². The van der Waals surface area contributed by atoms with Crippen LogP contribution in [0.15, 0.2) is 10.4 Å². The van der Waals surface area contributed by atoms with Crippen molar-refractivity contribution in [2.24, 2.45) is 0 Å². The van der Waals surface area contributed by atoms with Crippen LogP contribution in [0.4, 0.5) is 5.00 Å². The normalized spacial score (nSPS) is 11.6. The molecule has 0 aliphatic heterocycles. The van der Waals surface area contributed by atoms with E-state index >= 15 is 0 Å². The standard InChI is InChI=1S/C6H5ClN4O2S3/c1-3-5(14-6(7)9-3)16(12,13)10-4-2-8-11-15-4/h2,10H,1H3. The maximum atomic E-state index is 11.9. The van der Waals surface area contributed by atoms with Crippen LogP contribution in [0.1, 0.15) is 5.69 Å². The molecule has 2 heterocycles. The number of nitrogens with zero attached hydrogens (tertiary/aromatic N) is 3. The number of anilines is 1. The lowest BCUT2D eigenvalue weighted by Crippen LogP contribution is -2.11. The zero-order chi connectivity index (χ0) is 11.8. The molecule has 0 aliphatic rings. The molecule has 10 heteroatoms. The van der Waals surface area contributed by atoms with Crippen molar-refractivity contribution in [1.29, 1.82) is 0 Å². The zero-order valence-electron chi connectivity index (χ0n) is 7.84. The summed E-state index contributed by atoms with van der Waals surface area (Å²) in [5.74, 6) is 0. The number of aromatic nitrogens is 3. The Morgan fingerprint density at radius 1 is 1.50 bits per heavy atom. The second-order valence-electron chi connectivity index (χ2n) is 2.73. The van der Waals surface area contributed by atoms with E-state index in [0.29, 0.717) is 10.7 Å². The molecule has 0 spiro atoms. The molecule has 0 bridgehead atoms. The molecule has 6 nitrogen and oxygen atoms in total. The Morgan fingerprint density at radius 3 is 2.75 bits per heavy atom. The molecule has 0 saturated carbocycles. The van der Waals surface area contributed by atoms with E-state index in [0.717, 1.165) is 22.9 Å². The van der Waals surface area contributed by atoms with Gasteiger partial charge in [-0.1, -0.05) is 27.4 Å². The second kappa shape index (κ2) is 4.24. The number of halogens is 1. The predicted molar refractivity (Wildman–Crippen MR) is 62.6 cm³/mol. The highest BCUT2D eigenvalue weighted by Gasteiger charge is 2.22. The van der Waals surface area contributed by atoms with Gasteiger partial charge in [-0.3, -0.25) is 4.72 Å². The topological polar surface area (TPSA) is 84.8 Å². The van der Waals surface area contributed by atoms with Crippen molar-refractivity contribution >= 4 is 49.5 Å². The second-order valence-corrected chi connectivity index (χ2v) is 6.97. The van der Waals surface area contributed by atoms with Crippen LogP contribution < -0.4 is 4.72 Å². The summed E-state index contributed by atoms with van der Waals surface area (Å²) in [6, 6.07) is 0. The van der Waals surface area contributed by atoms with Crippen molar-refractivity contribution < 1.29 is 8.42 Å². The molecular formula is C6H5ClN4O2S3. The molecule has 0 atom stereocenters. The molecule has 0 unspecified atom stereocenters. The summed E-state index contributed by atoms with van der Waals surface area (Å²) in [6.07, 6.45) is 1.33. The lowest BCUT2D eigenvalue weighted by molar-refractivity contribution is 0.602. The minimum absolute atomic E-state index is 0.103. The van der Waals surface area contributed by atoms with Gasteiger partial charge >= 0.3 is 0 Å². The Kier molecular flexibility index (Phi) is 3.10. The van der Waals surface area contributed by atoms with Crippen molar-refractivity contribution in [3.63, 3.8) is 0 Å². The van der Waals surface area contributed by atoms with E-state index in [1.54, 1.807) is 6.92 Å². The Bertz CT molecular complexity index is 591. The average Bonchev–Trinajstić information content (AvgIpc) is 2.75. The Labute approximate surface area is 105 Å². The summed E-state index contributed by atoms with van der Waals surface area (Å²) >= 11 is 7.51. The quantitative estimate of drug-likeness (QED) is 0.933. The highest BCUT2D eigenvalue weighted by Crippen LogP contribution is 2.28. The summed E-state index contributed by atoms with van der Waals surface area (Å²) in [6.45, 7) is 1.59. The third kappa shape index (κ3) is 2.32. The van der Waals surface area contributed by atoms with Gasteiger partial charge in [-0.2, -0.15) is 0 Å². The van der Waals surface area contributed by atoms with Crippen molar-refractivity contribution in [1.82, 2.24) is 14.6 Å². The maximum absolute atomic E-state index is 11.9. The van der Waals surface area contributed by atoms with Crippen molar-refractivity contribution in [2.45, 2.75) is 11.1 Å². The number of thiazole rings is 1. The fraction of sp³-hybridized carbons (Fsp3) is 0.167. The third-order valence-corrected chi connectivity index (χ3v) is 5.51. The van der Waals surface area contributed by atoms with Crippen LogP contribution >= 0.6 is 34.5 Å². The van der Waals surface area contributed by atoms with Gasteiger partial charge in [0.15, 0.2) is 8.68 Å². The van der Waals surface area contributed by atoms with Crippen LogP contribution in [0, 0.1) is 6.92 Å². The number of sulfonamides is 1. The number of nitrogens with one attached hydrogen (secondary N) is 1. The summed E-state index contributed by atoms with van der Waals surface area (Å²) in [7, 11) is -3.64. The van der Waals surface area contributed by atoms with E-state index in [-0.39, 0.29) is 8.68 Å². The Morgan fingerprint density at radius 2 is 2.25 bits per heavy atom. The molecule has 0 fully saturated rings. The first-order valence-electron chi connectivity index (χ1n) is 3.92. The number of hydrogen-bond acceptors (Lipinski definition) is 7. The van der Waals surface area contributed by atoms with Crippen LogP contribution in [0.25, 0.3) is 0 Å². The predicted octanol–water partition coefficient (Wildman–Crippen LogP) is 1.76. The van der Waals surface area contributed by atoms with E-state index in [9.17, 15) is 8.42 Å². The van der Waals surface area contributed by atoms with E-state index in [1.165, 1.54) is 6.20 Å². The van der Waals surface area contributed by atoms with Crippen molar-refractivity contribution in [3.8, 4) is 0 Å². The minimum Gasteiger partial charge on any atom is -0.267 e. The first-order chi connectivity index (χ1) is 7.49. The van der Waals surface area contributed by atoms with Gasteiger partial charge in [-0.15, -0.1) is 5.10 Å². The molecule has 0 radical (unpaired) electrons. The summed E-state index contributed by atoms with van der Waals surface area (Å²) in [5.41, 5.74) is 0.375. The molecule has 2 aromatic rings. The molecule has 16 heavy (non-hydrogen) atoms. The van der Waals surface area contributed by atoms with Crippen LogP contribution in [-0.4, -0.2) is 23.0 Å². The number of aryl methyl sites for hydroxylation is 1. The fourth-order valence-electron chi connectivity index (χ4n) is 0.991. The Balaban J connectivity index is 2.36. The van der Waals surface area contributed by atoms with E-state index in [2.05, 4.69) is 19.3 Å². The van der Waals surface area contributed by atoms with E-state index in [4.69, 9.17) is 11.6 Å². The van der Waals surface area contributed by atoms with Gasteiger partial charge in [-0.25, -0.2) is 13.4 Å². The highest BCUT2D eigenvalue weighted by atomic mass is 35.5. The minimum atomic E-state index is -3.64. The summed E-state index contributed by atoms with van der Waals surface area (Å²) < 4.78 is 30.0. The molecule has 86 valence electrons. The molecule has 0 amide bonds. The highest BCUT2D eigenvalue weighted by molar-refractivity contribution is 7.95. The SMILES string of the molecule is Cc1nc(Cl)sc1S(=O)(=O)Nc1cnns1. The largest absolute Gasteiger partial charge is 0.274 e. The lowest BCUT2D eigenvalue weighted by Gasteiger charge is -2.01. The first-order valence-corrected chi connectivity index (χ1v) is 7.37. The molecule has 1 N–H and O–H groups in total. The lowest BCUT2D eigenvalue weighted by atomic mass is 10.6. The molecule has 2 rings (SSSR count). The van der Waals surface area contributed by atoms with Crippen LogP contribution in [0.5, 0.6) is 0 Å². The van der Waals surface area contributed by atoms with Gasteiger partial charge in [-0.05, 0) is 6.92 Å². The molecule has 0 aromatic carbocycles. The van der Waals surface area contributed by atoms with Gasteiger partial charge < -0.3 is 0 Å². The number of hydrogen-bond donors (Lipinski definition) is 1. The van der Waals surface area contributed by atoms with Gasteiger partial charge in [0.2, 0.25) is 0 Å². The third-order valence-electron chi connectivity index (χ3n) is 1.57. The van der Waals surface area contributed by atoms with Crippen molar-refractivity contribution in [2.75, 3.05) is 4.72 Å². The summed E-state index contributed by atoms with van der Waals surface area (Å²) in [5, 5.41) is 3.88. The first kappa shape index (κ1) is 11.7. The molecule has 0 aliphatic carbocycles. The van der Waals surface area contributed by atoms with E-state index in [1.807, 2.05) is 0 Å². The van der Waals surface area contributed by atoms with Gasteiger partial charge in [0.1, 0.15) is 5.00 Å². The number of rotatable bonds is 3. The van der Waals surface area contributed by atoms with Gasteiger partial charge in [0.05, 0.1) is 11.9 Å². The zero-order valence-corrected chi connectivity index (χ0v) is 11.0. The van der Waals surface area contributed by atoms with Crippen LogP contribution in [0.2, 0.25) is 4.47 Å². The molecule has 0 saturated heterocycles. The van der Waals surface area contributed by atoms with Crippen molar-refractivity contribution in [3.05, 3.63) is 16.4 Å². The Hall–Kier alpha value is -0.770.